The molecule has 21 heavy (non-hydrogen) atoms. The average Bonchev–Trinajstić information content (AvgIpc) is 2.96. The van der Waals surface area contributed by atoms with Crippen LogP contribution in [0, 0.1) is 17.1 Å². The molecule has 0 aliphatic rings. The first kappa shape index (κ1) is 13.7. The third-order valence-corrected chi connectivity index (χ3v) is 3.87. The zero-order valence-electron chi connectivity index (χ0n) is 10.6. The van der Waals surface area contributed by atoms with Gasteiger partial charge in [0, 0.05) is 12.1 Å². The van der Waals surface area contributed by atoms with Gasteiger partial charge in [0.05, 0.1) is 34.1 Å². The summed E-state index contributed by atoms with van der Waals surface area (Å²) in [5.74, 6) is -0.429. The van der Waals surface area contributed by atoms with E-state index in [-0.39, 0.29) is 6.54 Å². The first-order valence-electron chi connectivity index (χ1n) is 6.02. The molecule has 1 heterocycles. The van der Waals surface area contributed by atoms with Gasteiger partial charge in [-0.1, -0.05) is 17.7 Å². The number of halogens is 2. The fraction of sp³-hybridized carbons (Fsp3) is 0.0714. The smallest absolute Gasteiger partial charge is 0.129 e. The lowest BCUT2D eigenvalue weighted by Gasteiger charge is -2.09. The van der Waals surface area contributed by atoms with Crippen LogP contribution in [0.1, 0.15) is 11.1 Å². The molecule has 1 N–H and O–H groups in total. The van der Waals surface area contributed by atoms with E-state index in [1.54, 1.807) is 24.3 Å². The van der Waals surface area contributed by atoms with E-state index in [1.165, 1.54) is 6.07 Å². The molecule has 0 saturated carbocycles. The monoisotopic (exact) mass is 318 g/mol. The van der Waals surface area contributed by atoms with Gasteiger partial charge in [-0.25, -0.2) is 4.39 Å². The van der Waals surface area contributed by atoms with Crippen molar-refractivity contribution in [2.45, 2.75) is 6.54 Å². The Morgan fingerprint density at radius 2 is 2.14 bits per heavy atom. The van der Waals surface area contributed by atoms with E-state index >= 15 is 0 Å². The van der Waals surface area contributed by atoms with Gasteiger partial charge in [-0.15, -0.1) is 0 Å². The molecule has 0 aliphatic carbocycles. The molecule has 0 unspecified atom stereocenters. The SMILES string of the molecule is N#Cc1ccc(CNc2c(Cl)ccc3nsnc23)c(F)c1. The highest BCUT2D eigenvalue weighted by atomic mass is 35.5. The van der Waals surface area contributed by atoms with Crippen LogP contribution in [0.3, 0.4) is 0 Å². The van der Waals surface area contributed by atoms with Crippen LogP contribution in [0.25, 0.3) is 11.0 Å². The number of nitrogens with one attached hydrogen (secondary N) is 1. The summed E-state index contributed by atoms with van der Waals surface area (Å²) in [4.78, 5) is 0. The van der Waals surface area contributed by atoms with Gasteiger partial charge in [-0.2, -0.15) is 14.0 Å². The van der Waals surface area contributed by atoms with Gasteiger partial charge in [0.25, 0.3) is 0 Å². The maximum Gasteiger partial charge on any atom is 0.129 e. The molecule has 3 aromatic rings. The van der Waals surface area contributed by atoms with Crippen LogP contribution in [-0.2, 0) is 6.54 Å². The van der Waals surface area contributed by atoms with Crippen molar-refractivity contribution in [2.75, 3.05) is 5.32 Å². The van der Waals surface area contributed by atoms with Gasteiger partial charge >= 0.3 is 0 Å². The van der Waals surface area contributed by atoms with Crippen molar-refractivity contribution >= 4 is 40.0 Å². The van der Waals surface area contributed by atoms with Crippen LogP contribution in [0.4, 0.5) is 10.1 Å². The lowest BCUT2D eigenvalue weighted by molar-refractivity contribution is 0.612. The molecule has 0 amide bonds. The maximum absolute atomic E-state index is 13.8. The van der Waals surface area contributed by atoms with Crippen LogP contribution in [-0.4, -0.2) is 8.75 Å². The van der Waals surface area contributed by atoms with Crippen molar-refractivity contribution in [3.63, 3.8) is 0 Å². The minimum absolute atomic E-state index is 0.244. The Bertz CT molecular complexity index is 856. The molecular weight excluding hydrogens is 311 g/mol. The predicted molar refractivity (Wildman–Crippen MR) is 80.9 cm³/mol. The summed E-state index contributed by atoms with van der Waals surface area (Å²) >= 11 is 7.25. The number of anilines is 1. The molecule has 0 bridgehead atoms. The molecule has 3 rings (SSSR count). The average molecular weight is 319 g/mol. The second-order valence-corrected chi connectivity index (χ2v) is 5.26. The summed E-state index contributed by atoms with van der Waals surface area (Å²) in [5, 5.41) is 12.3. The van der Waals surface area contributed by atoms with E-state index in [9.17, 15) is 4.39 Å². The molecule has 0 radical (unpaired) electrons. The lowest BCUT2D eigenvalue weighted by Crippen LogP contribution is -2.03. The van der Waals surface area contributed by atoms with Crippen LogP contribution >= 0.6 is 23.3 Å². The van der Waals surface area contributed by atoms with E-state index in [4.69, 9.17) is 16.9 Å². The molecule has 1 aromatic heterocycles. The van der Waals surface area contributed by atoms with E-state index in [0.29, 0.717) is 27.4 Å². The number of aromatic nitrogens is 2. The third kappa shape index (κ3) is 2.66. The Morgan fingerprint density at radius 3 is 2.90 bits per heavy atom. The van der Waals surface area contributed by atoms with Crippen molar-refractivity contribution in [2.24, 2.45) is 0 Å². The first-order chi connectivity index (χ1) is 10.2. The molecule has 0 spiro atoms. The standard InChI is InChI=1S/C14H8ClFN4S/c15-10-3-4-12-14(20-21-19-12)13(10)18-7-9-2-1-8(6-17)5-11(9)16/h1-5,18H,7H2. The zero-order chi connectivity index (χ0) is 14.8. The normalized spacial score (nSPS) is 10.5. The van der Waals surface area contributed by atoms with Crippen molar-refractivity contribution < 1.29 is 4.39 Å². The van der Waals surface area contributed by atoms with Gasteiger partial charge < -0.3 is 5.32 Å². The maximum atomic E-state index is 13.8. The van der Waals surface area contributed by atoms with Crippen LogP contribution in [0.15, 0.2) is 30.3 Å². The molecule has 104 valence electrons. The number of rotatable bonds is 3. The van der Waals surface area contributed by atoms with E-state index in [1.807, 2.05) is 6.07 Å². The Morgan fingerprint density at radius 1 is 1.29 bits per heavy atom. The number of fused-ring (bicyclic) bond motifs is 1. The third-order valence-electron chi connectivity index (χ3n) is 3.01. The summed E-state index contributed by atoms with van der Waals surface area (Å²) < 4.78 is 22.2. The van der Waals surface area contributed by atoms with Crippen molar-refractivity contribution in [1.29, 1.82) is 5.26 Å². The summed E-state index contributed by atoms with van der Waals surface area (Å²) in [7, 11) is 0. The second-order valence-electron chi connectivity index (χ2n) is 4.33. The van der Waals surface area contributed by atoms with Crippen molar-refractivity contribution in [3.8, 4) is 6.07 Å². The minimum atomic E-state index is -0.429. The summed E-state index contributed by atoms with van der Waals surface area (Å²) in [5.41, 5.74) is 2.78. The van der Waals surface area contributed by atoms with E-state index in [2.05, 4.69) is 14.1 Å². The molecule has 7 heteroatoms. The van der Waals surface area contributed by atoms with Gasteiger partial charge in [0.1, 0.15) is 16.9 Å². The van der Waals surface area contributed by atoms with Crippen LogP contribution in [0.5, 0.6) is 0 Å². The fourth-order valence-corrected chi connectivity index (χ4v) is 2.70. The van der Waals surface area contributed by atoms with Gasteiger partial charge in [-0.05, 0) is 24.3 Å². The van der Waals surface area contributed by atoms with Gasteiger partial charge in [0.15, 0.2) is 0 Å². The molecule has 0 saturated heterocycles. The lowest BCUT2D eigenvalue weighted by atomic mass is 10.1. The first-order valence-corrected chi connectivity index (χ1v) is 7.13. The number of nitriles is 1. The Kier molecular flexibility index (Phi) is 3.69. The number of hydrogen-bond donors (Lipinski definition) is 1. The highest BCUT2D eigenvalue weighted by molar-refractivity contribution is 7.00. The summed E-state index contributed by atoms with van der Waals surface area (Å²) in [6.07, 6.45) is 0. The quantitative estimate of drug-likeness (QED) is 0.793. The largest absolute Gasteiger partial charge is 0.378 e. The molecule has 0 atom stereocenters. The Hall–Kier alpha value is -2.23. The predicted octanol–water partition coefficient (Wildman–Crippen LogP) is 3.97. The Labute approximate surface area is 129 Å². The number of hydrogen-bond acceptors (Lipinski definition) is 5. The van der Waals surface area contributed by atoms with Crippen LogP contribution < -0.4 is 5.32 Å². The fourth-order valence-electron chi connectivity index (χ4n) is 1.94. The molecule has 2 aromatic carbocycles. The second kappa shape index (κ2) is 5.64. The van der Waals surface area contributed by atoms with Gasteiger partial charge in [-0.3, -0.25) is 0 Å². The molecule has 0 aliphatic heterocycles. The Balaban J connectivity index is 1.89. The van der Waals surface area contributed by atoms with Crippen LogP contribution in [0.2, 0.25) is 5.02 Å². The number of nitrogens with zero attached hydrogens (tertiary/aromatic N) is 3. The summed E-state index contributed by atoms with van der Waals surface area (Å²) in [6, 6.07) is 9.78. The summed E-state index contributed by atoms with van der Waals surface area (Å²) in [6.45, 7) is 0.244. The molecule has 0 fully saturated rings. The van der Waals surface area contributed by atoms with Crippen molar-refractivity contribution in [3.05, 3.63) is 52.3 Å². The molecule has 4 nitrogen and oxygen atoms in total. The minimum Gasteiger partial charge on any atom is -0.378 e. The topological polar surface area (TPSA) is 61.6 Å². The molecular formula is C14H8ClFN4S. The van der Waals surface area contributed by atoms with Crippen molar-refractivity contribution in [1.82, 2.24) is 8.75 Å². The van der Waals surface area contributed by atoms with E-state index < -0.39 is 5.82 Å². The van der Waals surface area contributed by atoms with Gasteiger partial charge in [0.2, 0.25) is 0 Å². The number of benzene rings is 2. The highest BCUT2D eigenvalue weighted by Crippen LogP contribution is 2.30. The zero-order valence-corrected chi connectivity index (χ0v) is 12.2. The highest BCUT2D eigenvalue weighted by Gasteiger charge is 2.11. The van der Waals surface area contributed by atoms with E-state index in [0.717, 1.165) is 17.2 Å².